The van der Waals surface area contributed by atoms with Crippen molar-refractivity contribution in [3.63, 3.8) is 0 Å². The van der Waals surface area contributed by atoms with Gasteiger partial charge in [0, 0.05) is 41.5 Å². The zero-order valence-corrected chi connectivity index (χ0v) is 15.9. The van der Waals surface area contributed by atoms with Crippen LogP contribution in [-0.4, -0.2) is 34.8 Å². The van der Waals surface area contributed by atoms with Crippen LogP contribution in [0.25, 0.3) is 10.6 Å². The number of hydrogen-bond acceptors (Lipinski definition) is 6. The van der Waals surface area contributed by atoms with E-state index in [0.717, 1.165) is 27.6 Å². The number of aromatic nitrogens is 2. The molecular weight excluding hydrogens is 370 g/mol. The van der Waals surface area contributed by atoms with Crippen molar-refractivity contribution < 1.29 is 9.84 Å². The molecule has 26 heavy (non-hydrogen) atoms. The Hall–Kier alpha value is -1.99. The van der Waals surface area contributed by atoms with Crippen LogP contribution in [0.15, 0.2) is 48.0 Å². The zero-order chi connectivity index (χ0) is 18.4. The number of ether oxygens (including phenoxy) is 1. The molecule has 0 aliphatic heterocycles. The minimum absolute atomic E-state index is 0.415. The largest absolute Gasteiger partial charge is 0.492 e. The molecule has 2 aromatic heterocycles. The van der Waals surface area contributed by atoms with E-state index in [0.29, 0.717) is 24.8 Å². The summed E-state index contributed by atoms with van der Waals surface area (Å²) in [4.78, 5) is 8.44. The van der Waals surface area contributed by atoms with Gasteiger partial charge in [0.05, 0.1) is 6.10 Å². The number of aryl methyl sites for hydroxylation is 1. The summed E-state index contributed by atoms with van der Waals surface area (Å²) in [6, 6.07) is 11.3. The molecular formula is C19H20ClN3O2S. The van der Waals surface area contributed by atoms with Crippen LogP contribution in [0.1, 0.15) is 17.4 Å². The number of aliphatic hydroxyl groups excluding tert-OH is 1. The van der Waals surface area contributed by atoms with Crippen molar-refractivity contribution in [2.75, 3.05) is 19.7 Å². The van der Waals surface area contributed by atoms with Crippen molar-refractivity contribution in [1.29, 1.82) is 0 Å². The molecule has 1 atom stereocenters. The zero-order valence-electron chi connectivity index (χ0n) is 14.4. The molecule has 2 N–H and O–H groups in total. The van der Waals surface area contributed by atoms with Crippen molar-refractivity contribution in [3.8, 4) is 16.3 Å². The third-order valence-corrected chi connectivity index (χ3v) is 4.97. The molecule has 0 amide bonds. The summed E-state index contributed by atoms with van der Waals surface area (Å²) in [5, 5.41) is 16.7. The molecule has 0 saturated heterocycles. The van der Waals surface area contributed by atoms with E-state index in [1.54, 1.807) is 29.7 Å². The second-order valence-electron chi connectivity index (χ2n) is 5.80. The van der Waals surface area contributed by atoms with Gasteiger partial charge in [-0.05, 0) is 37.3 Å². The van der Waals surface area contributed by atoms with E-state index < -0.39 is 6.10 Å². The first kappa shape index (κ1) is 18.8. The van der Waals surface area contributed by atoms with Crippen molar-refractivity contribution in [2.45, 2.75) is 13.0 Å². The lowest BCUT2D eigenvalue weighted by Gasteiger charge is -2.12. The highest BCUT2D eigenvalue weighted by Gasteiger charge is 2.07. The van der Waals surface area contributed by atoms with Crippen molar-refractivity contribution in [3.05, 3.63) is 64.4 Å². The van der Waals surface area contributed by atoms with Gasteiger partial charge in [0.1, 0.15) is 22.5 Å². The fourth-order valence-electron chi connectivity index (χ4n) is 2.36. The quantitative estimate of drug-likeness (QED) is 0.452. The Labute approximate surface area is 161 Å². The van der Waals surface area contributed by atoms with Gasteiger partial charge in [-0.2, -0.15) is 0 Å². The number of thiazole rings is 1. The SMILES string of the molecule is Cc1csc(-c2ccc(OCCNCC(O)c3ccc(Cl)nc3)cc2)n1. The first-order chi connectivity index (χ1) is 12.6. The van der Waals surface area contributed by atoms with Gasteiger partial charge in [0.15, 0.2) is 0 Å². The molecule has 0 aliphatic rings. The number of nitrogens with one attached hydrogen (secondary N) is 1. The van der Waals surface area contributed by atoms with Gasteiger partial charge in [-0.25, -0.2) is 9.97 Å². The van der Waals surface area contributed by atoms with Gasteiger partial charge in [0.25, 0.3) is 0 Å². The van der Waals surface area contributed by atoms with Gasteiger partial charge in [-0.3, -0.25) is 0 Å². The van der Waals surface area contributed by atoms with Crippen LogP contribution in [0.2, 0.25) is 5.15 Å². The minimum Gasteiger partial charge on any atom is -0.492 e. The molecule has 0 aliphatic carbocycles. The summed E-state index contributed by atoms with van der Waals surface area (Å²) < 4.78 is 5.71. The highest BCUT2D eigenvalue weighted by molar-refractivity contribution is 7.13. The Morgan fingerprint density at radius 1 is 1.23 bits per heavy atom. The van der Waals surface area contributed by atoms with E-state index >= 15 is 0 Å². The average Bonchev–Trinajstić information content (AvgIpc) is 3.09. The highest BCUT2D eigenvalue weighted by Crippen LogP contribution is 2.25. The summed E-state index contributed by atoms with van der Waals surface area (Å²) >= 11 is 7.38. The fourth-order valence-corrected chi connectivity index (χ4v) is 3.28. The van der Waals surface area contributed by atoms with Gasteiger partial charge in [-0.1, -0.05) is 17.7 Å². The molecule has 0 fully saturated rings. The van der Waals surface area contributed by atoms with Gasteiger partial charge in [0.2, 0.25) is 0 Å². The standard InChI is InChI=1S/C19H20ClN3O2S/c1-13-12-26-19(23-13)14-2-5-16(6-3-14)25-9-8-21-11-17(24)15-4-7-18(20)22-10-15/h2-7,10,12,17,21,24H,8-9,11H2,1H3. The predicted molar refractivity (Wildman–Crippen MR) is 105 cm³/mol. The lowest BCUT2D eigenvalue weighted by Crippen LogP contribution is -2.26. The maximum atomic E-state index is 10.1. The molecule has 0 bridgehead atoms. The number of rotatable bonds is 8. The third kappa shape index (κ3) is 5.25. The molecule has 5 nitrogen and oxygen atoms in total. The van der Waals surface area contributed by atoms with Crippen LogP contribution in [0, 0.1) is 6.92 Å². The van der Waals surface area contributed by atoms with E-state index in [2.05, 4.69) is 15.3 Å². The Bertz CT molecular complexity index is 822. The third-order valence-electron chi connectivity index (χ3n) is 3.74. The Balaban J connectivity index is 1.39. The Kier molecular flexibility index (Phi) is 6.57. The van der Waals surface area contributed by atoms with Crippen LogP contribution in [0.5, 0.6) is 5.75 Å². The van der Waals surface area contributed by atoms with Crippen LogP contribution in [0.3, 0.4) is 0 Å². The molecule has 7 heteroatoms. The monoisotopic (exact) mass is 389 g/mol. The number of nitrogens with zero attached hydrogens (tertiary/aromatic N) is 2. The maximum absolute atomic E-state index is 10.1. The van der Waals surface area contributed by atoms with Crippen molar-refractivity contribution in [2.24, 2.45) is 0 Å². The predicted octanol–water partition coefficient (Wildman–Crippen LogP) is 3.87. The number of pyridine rings is 1. The van der Waals surface area contributed by atoms with E-state index in [1.807, 2.05) is 36.6 Å². The lowest BCUT2D eigenvalue weighted by molar-refractivity contribution is 0.171. The van der Waals surface area contributed by atoms with E-state index in [9.17, 15) is 5.11 Å². The molecule has 136 valence electrons. The first-order valence-electron chi connectivity index (χ1n) is 8.27. The molecule has 1 aromatic carbocycles. The molecule has 0 spiro atoms. The van der Waals surface area contributed by atoms with Gasteiger partial charge in [-0.15, -0.1) is 11.3 Å². The Morgan fingerprint density at radius 2 is 2.04 bits per heavy atom. The van der Waals surface area contributed by atoms with Gasteiger partial charge >= 0.3 is 0 Å². The summed E-state index contributed by atoms with van der Waals surface area (Å²) in [6.45, 7) is 3.56. The summed E-state index contributed by atoms with van der Waals surface area (Å²) in [5.41, 5.74) is 2.86. The normalized spacial score (nSPS) is 12.1. The Morgan fingerprint density at radius 3 is 2.69 bits per heavy atom. The van der Waals surface area contributed by atoms with Crippen LogP contribution in [-0.2, 0) is 0 Å². The summed E-state index contributed by atoms with van der Waals surface area (Å²) in [7, 11) is 0. The van der Waals surface area contributed by atoms with Crippen molar-refractivity contribution in [1.82, 2.24) is 15.3 Å². The summed E-state index contributed by atoms with van der Waals surface area (Å²) in [6.07, 6.45) is 0.956. The number of benzene rings is 1. The maximum Gasteiger partial charge on any atom is 0.129 e. The first-order valence-corrected chi connectivity index (χ1v) is 9.53. The molecule has 3 rings (SSSR count). The fraction of sp³-hybridized carbons (Fsp3) is 0.263. The number of aliphatic hydroxyl groups is 1. The second-order valence-corrected chi connectivity index (χ2v) is 7.05. The van der Waals surface area contributed by atoms with Crippen LogP contribution < -0.4 is 10.1 Å². The minimum atomic E-state index is -0.624. The smallest absolute Gasteiger partial charge is 0.129 e. The van der Waals surface area contributed by atoms with Gasteiger partial charge < -0.3 is 15.2 Å². The number of hydrogen-bond donors (Lipinski definition) is 2. The van der Waals surface area contributed by atoms with Crippen molar-refractivity contribution >= 4 is 22.9 Å². The van der Waals surface area contributed by atoms with E-state index in [1.165, 1.54) is 0 Å². The van der Waals surface area contributed by atoms with Crippen LogP contribution in [0.4, 0.5) is 0 Å². The number of halogens is 1. The van der Waals surface area contributed by atoms with E-state index in [-0.39, 0.29) is 0 Å². The van der Waals surface area contributed by atoms with E-state index in [4.69, 9.17) is 16.3 Å². The molecule has 2 heterocycles. The highest BCUT2D eigenvalue weighted by atomic mass is 35.5. The molecule has 0 saturated carbocycles. The molecule has 1 unspecified atom stereocenters. The topological polar surface area (TPSA) is 67.3 Å². The summed E-state index contributed by atoms with van der Waals surface area (Å²) in [5.74, 6) is 0.811. The average molecular weight is 390 g/mol. The molecule has 3 aromatic rings. The molecule has 0 radical (unpaired) electrons. The van der Waals surface area contributed by atoms with Crippen LogP contribution >= 0.6 is 22.9 Å². The second kappa shape index (κ2) is 9.09. The lowest BCUT2D eigenvalue weighted by atomic mass is 10.1.